The third-order valence-corrected chi connectivity index (χ3v) is 4.52. The molecule has 0 saturated carbocycles. The van der Waals surface area contributed by atoms with Crippen LogP contribution in [-0.4, -0.2) is 36.8 Å². The molecule has 1 saturated heterocycles. The number of carbonyl (C=O) groups excluding carboxylic acids is 1. The Bertz CT molecular complexity index is 770. The molecule has 2 heterocycles. The van der Waals surface area contributed by atoms with Gasteiger partial charge >= 0.3 is 5.97 Å². The lowest BCUT2D eigenvalue weighted by molar-refractivity contribution is 0.0526. The number of nitrogen functional groups attached to an aromatic ring is 1. The van der Waals surface area contributed by atoms with Crippen molar-refractivity contribution in [3.63, 3.8) is 0 Å². The van der Waals surface area contributed by atoms with E-state index in [9.17, 15) is 4.79 Å². The first-order valence-electron chi connectivity index (χ1n) is 8.84. The second-order valence-corrected chi connectivity index (χ2v) is 6.31. The molecule has 0 amide bonds. The van der Waals surface area contributed by atoms with E-state index < -0.39 is 5.97 Å². The predicted octanol–water partition coefficient (Wildman–Crippen LogP) is 2.82. The maximum atomic E-state index is 12.3. The number of esters is 1. The predicted molar refractivity (Wildman–Crippen MR) is 98.0 cm³/mol. The number of hydrogen-bond acceptors (Lipinski definition) is 6. The minimum absolute atomic E-state index is 0.293. The summed E-state index contributed by atoms with van der Waals surface area (Å²) < 4.78 is 11.2. The van der Waals surface area contributed by atoms with Gasteiger partial charge in [-0.15, -0.1) is 0 Å². The van der Waals surface area contributed by atoms with Crippen LogP contribution in [-0.2, 0) is 4.74 Å². The molecule has 134 valence electrons. The molecule has 1 aliphatic heterocycles. The molecule has 6 heteroatoms. The van der Waals surface area contributed by atoms with Crippen LogP contribution in [0.2, 0.25) is 0 Å². The Morgan fingerprint density at radius 1 is 1.40 bits per heavy atom. The summed E-state index contributed by atoms with van der Waals surface area (Å²) in [4.78, 5) is 16.8. The lowest BCUT2D eigenvalue weighted by Gasteiger charge is -2.24. The molecule has 0 bridgehead atoms. The Labute approximate surface area is 147 Å². The smallest absolute Gasteiger partial charge is 0.342 e. The zero-order valence-electron chi connectivity index (χ0n) is 14.8. The van der Waals surface area contributed by atoms with Crippen molar-refractivity contribution in [3.05, 3.63) is 29.5 Å². The summed E-state index contributed by atoms with van der Waals surface area (Å²) in [5.41, 5.74) is 8.30. The van der Waals surface area contributed by atoms with Gasteiger partial charge in [0.15, 0.2) is 0 Å². The summed E-state index contributed by atoms with van der Waals surface area (Å²) in [6, 6.07) is 5.97. The molecule has 3 rings (SSSR count). The van der Waals surface area contributed by atoms with Crippen LogP contribution in [0.25, 0.3) is 10.9 Å². The molecule has 1 fully saturated rings. The molecular weight excluding hydrogens is 318 g/mol. The third kappa shape index (κ3) is 3.69. The zero-order chi connectivity index (χ0) is 17.8. The number of fused-ring (bicyclic) bond motifs is 1. The molecule has 1 unspecified atom stereocenters. The molecule has 1 aromatic carbocycles. The quantitative estimate of drug-likeness (QED) is 0.812. The van der Waals surface area contributed by atoms with E-state index in [0.29, 0.717) is 47.3 Å². The third-order valence-electron chi connectivity index (χ3n) is 4.52. The Balaban J connectivity index is 1.95. The topological polar surface area (TPSA) is 86.5 Å². The first-order chi connectivity index (χ1) is 12.1. The number of aryl methyl sites for hydroxylation is 1. The van der Waals surface area contributed by atoms with Gasteiger partial charge < -0.3 is 20.5 Å². The average Bonchev–Trinajstić information content (AvgIpc) is 2.60. The molecule has 2 aromatic rings. The van der Waals surface area contributed by atoms with E-state index in [4.69, 9.17) is 15.2 Å². The van der Waals surface area contributed by atoms with Gasteiger partial charge in [0.05, 0.1) is 28.9 Å². The van der Waals surface area contributed by atoms with Crippen molar-refractivity contribution >= 4 is 22.6 Å². The van der Waals surface area contributed by atoms with Crippen LogP contribution in [0.5, 0.6) is 5.75 Å². The van der Waals surface area contributed by atoms with Crippen LogP contribution in [0.3, 0.4) is 0 Å². The molecule has 1 atom stereocenters. The van der Waals surface area contributed by atoms with Crippen LogP contribution < -0.4 is 15.8 Å². The number of nitrogens with zero attached hydrogens (tertiary/aromatic N) is 1. The number of carbonyl (C=O) groups is 1. The monoisotopic (exact) mass is 343 g/mol. The van der Waals surface area contributed by atoms with E-state index in [2.05, 4.69) is 10.3 Å². The summed E-state index contributed by atoms with van der Waals surface area (Å²) in [6.45, 7) is 5.42. The fourth-order valence-corrected chi connectivity index (χ4v) is 3.28. The Hall–Kier alpha value is -2.34. The van der Waals surface area contributed by atoms with Gasteiger partial charge in [0.1, 0.15) is 17.9 Å². The molecule has 0 aliphatic carbocycles. The number of ether oxygens (including phenoxy) is 2. The van der Waals surface area contributed by atoms with E-state index >= 15 is 0 Å². The van der Waals surface area contributed by atoms with Crippen LogP contribution in [0, 0.1) is 6.92 Å². The highest BCUT2D eigenvalue weighted by molar-refractivity contribution is 6.07. The maximum absolute atomic E-state index is 12.3. The van der Waals surface area contributed by atoms with Crippen LogP contribution in [0.4, 0.5) is 5.69 Å². The van der Waals surface area contributed by atoms with E-state index in [1.807, 2.05) is 18.2 Å². The minimum Gasteiger partial charge on any atom is -0.491 e. The molecular formula is C19H25N3O3. The van der Waals surface area contributed by atoms with Crippen molar-refractivity contribution in [2.24, 2.45) is 0 Å². The molecule has 6 nitrogen and oxygen atoms in total. The summed E-state index contributed by atoms with van der Waals surface area (Å²) >= 11 is 0. The summed E-state index contributed by atoms with van der Waals surface area (Å²) in [5, 5.41) is 4.13. The van der Waals surface area contributed by atoms with E-state index in [0.717, 1.165) is 18.5 Å². The fraction of sp³-hybridized carbons (Fsp3) is 0.474. The minimum atomic E-state index is -0.448. The number of rotatable bonds is 5. The summed E-state index contributed by atoms with van der Waals surface area (Å²) in [7, 11) is 0. The highest BCUT2D eigenvalue weighted by Gasteiger charge is 2.21. The second kappa shape index (κ2) is 7.70. The number of hydrogen-bond donors (Lipinski definition) is 2. The van der Waals surface area contributed by atoms with E-state index in [1.165, 1.54) is 12.8 Å². The van der Waals surface area contributed by atoms with Gasteiger partial charge in [-0.05, 0) is 45.4 Å². The van der Waals surface area contributed by atoms with Gasteiger partial charge in [-0.3, -0.25) is 4.98 Å². The van der Waals surface area contributed by atoms with Crippen molar-refractivity contribution < 1.29 is 14.3 Å². The molecule has 25 heavy (non-hydrogen) atoms. The van der Waals surface area contributed by atoms with Gasteiger partial charge in [-0.1, -0.05) is 12.5 Å². The largest absolute Gasteiger partial charge is 0.491 e. The van der Waals surface area contributed by atoms with Gasteiger partial charge in [0, 0.05) is 6.04 Å². The Morgan fingerprint density at radius 2 is 2.24 bits per heavy atom. The molecule has 0 spiro atoms. The molecule has 1 aromatic heterocycles. The first kappa shape index (κ1) is 17.5. The van der Waals surface area contributed by atoms with Crippen molar-refractivity contribution in [2.45, 2.75) is 39.2 Å². The Kier molecular flexibility index (Phi) is 5.38. The number of benzene rings is 1. The van der Waals surface area contributed by atoms with Crippen molar-refractivity contribution in [3.8, 4) is 5.75 Å². The van der Waals surface area contributed by atoms with Gasteiger partial charge in [-0.2, -0.15) is 0 Å². The van der Waals surface area contributed by atoms with Gasteiger partial charge in [0.2, 0.25) is 0 Å². The lowest BCUT2D eigenvalue weighted by Crippen LogP contribution is -2.38. The highest BCUT2D eigenvalue weighted by Crippen LogP contribution is 2.34. The number of anilines is 1. The SMILES string of the molecule is CCOC(=O)c1c(C)nc2cccc(OCC3CCCCN3)c2c1N. The fourth-order valence-electron chi connectivity index (χ4n) is 3.28. The molecule has 3 N–H and O–H groups in total. The zero-order valence-corrected chi connectivity index (χ0v) is 14.8. The molecule has 0 radical (unpaired) electrons. The average molecular weight is 343 g/mol. The maximum Gasteiger partial charge on any atom is 0.342 e. The van der Waals surface area contributed by atoms with Crippen molar-refractivity contribution in [2.75, 3.05) is 25.5 Å². The summed E-state index contributed by atoms with van der Waals surface area (Å²) in [5.74, 6) is 0.205. The number of nitrogens with one attached hydrogen (secondary N) is 1. The standard InChI is InChI=1S/C19H25N3O3/c1-3-24-19(23)16-12(2)22-14-8-6-9-15(17(14)18(16)20)25-11-13-7-4-5-10-21-13/h6,8-9,13,21H,3-5,7,10-11H2,1-2H3,(H2,20,22). The normalized spacial score (nSPS) is 17.4. The van der Waals surface area contributed by atoms with Gasteiger partial charge in [0.25, 0.3) is 0 Å². The van der Waals surface area contributed by atoms with Crippen LogP contribution in [0.1, 0.15) is 42.2 Å². The van der Waals surface area contributed by atoms with E-state index in [-0.39, 0.29) is 0 Å². The van der Waals surface area contributed by atoms with Gasteiger partial charge in [-0.25, -0.2) is 4.79 Å². The number of pyridine rings is 1. The first-order valence-corrected chi connectivity index (χ1v) is 8.84. The van der Waals surface area contributed by atoms with Crippen molar-refractivity contribution in [1.29, 1.82) is 0 Å². The lowest BCUT2D eigenvalue weighted by atomic mass is 10.0. The second-order valence-electron chi connectivity index (χ2n) is 6.31. The van der Waals surface area contributed by atoms with E-state index in [1.54, 1.807) is 13.8 Å². The van der Waals surface area contributed by atoms with Crippen molar-refractivity contribution in [1.82, 2.24) is 10.3 Å². The number of piperidine rings is 1. The number of aromatic nitrogens is 1. The summed E-state index contributed by atoms with van der Waals surface area (Å²) in [6.07, 6.45) is 3.53. The molecule has 1 aliphatic rings. The van der Waals surface area contributed by atoms with Crippen LogP contribution >= 0.6 is 0 Å². The number of nitrogens with two attached hydrogens (primary N) is 1. The Morgan fingerprint density at radius 3 is 2.96 bits per heavy atom. The highest BCUT2D eigenvalue weighted by atomic mass is 16.5. The van der Waals surface area contributed by atoms with Crippen LogP contribution in [0.15, 0.2) is 18.2 Å².